The molecule has 1 aliphatic carbocycles. The van der Waals surface area contributed by atoms with Gasteiger partial charge in [0.15, 0.2) is 0 Å². The van der Waals surface area contributed by atoms with E-state index in [-0.39, 0.29) is 12.4 Å². The Balaban J connectivity index is 1.09. The van der Waals surface area contributed by atoms with Gasteiger partial charge in [-0.15, -0.1) is 0 Å². The van der Waals surface area contributed by atoms with E-state index in [4.69, 9.17) is 9.57 Å². The van der Waals surface area contributed by atoms with Gasteiger partial charge in [-0.05, 0) is 51.0 Å². The first kappa shape index (κ1) is 20.6. The van der Waals surface area contributed by atoms with Gasteiger partial charge in [-0.25, -0.2) is 0 Å². The molecule has 0 aromatic rings. The van der Waals surface area contributed by atoms with Gasteiger partial charge in [-0.3, -0.25) is 20.0 Å². The fourth-order valence-corrected chi connectivity index (χ4v) is 6.29. The summed E-state index contributed by atoms with van der Waals surface area (Å²) in [5, 5.41) is 7.60. The summed E-state index contributed by atoms with van der Waals surface area (Å²) in [4.78, 5) is 11.4. The van der Waals surface area contributed by atoms with Gasteiger partial charge in [0.2, 0.25) is 0 Å². The molecule has 5 aliphatic rings. The Morgan fingerprint density at radius 2 is 1.72 bits per heavy atom. The van der Waals surface area contributed by atoms with Gasteiger partial charge in [0.05, 0.1) is 31.6 Å². The highest BCUT2D eigenvalue weighted by Gasteiger charge is 2.41. The quantitative estimate of drug-likeness (QED) is 0.638. The molecule has 0 aromatic carbocycles. The van der Waals surface area contributed by atoms with Crippen LogP contribution in [-0.4, -0.2) is 80.3 Å². The molecule has 5 rings (SSSR count). The van der Waals surface area contributed by atoms with Crippen molar-refractivity contribution >= 4 is 0 Å². The molecule has 4 saturated heterocycles. The Kier molecular flexibility index (Phi) is 7.03. The van der Waals surface area contributed by atoms with Crippen LogP contribution in [0.5, 0.6) is 0 Å². The van der Waals surface area contributed by atoms with Crippen molar-refractivity contribution in [2.45, 2.75) is 82.4 Å². The summed E-state index contributed by atoms with van der Waals surface area (Å²) in [6.07, 6.45) is 13.2. The normalized spacial score (nSPS) is 41.2. The lowest BCUT2D eigenvalue weighted by atomic mass is 9.89. The van der Waals surface area contributed by atoms with Crippen LogP contribution >= 0.6 is 0 Å². The van der Waals surface area contributed by atoms with Crippen molar-refractivity contribution in [1.82, 2.24) is 25.9 Å². The van der Waals surface area contributed by atoms with Crippen molar-refractivity contribution in [3.8, 4) is 0 Å². The van der Waals surface area contributed by atoms with Crippen LogP contribution in [0.1, 0.15) is 57.8 Å². The number of piperidine rings is 1. The maximum Gasteiger partial charge on any atom is 0.146 e. The molecule has 4 aliphatic heterocycles. The molecule has 0 bridgehead atoms. The molecule has 4 heterocycles. The van der Waals surface area contributed by atoms with Crippen LogP contribution in [0, 0.1) is 11.8 Å². The minimum atomic E-state index is 0.142. The van der Waals surface area contributed by atoms with Crippen molar-refractivity contribution in [2.75, 3.05) is 45.9 Å². The number of nitrogens with zero attached hydrogens (tertiary/aromatic N) is 2. The second kappa shape index (κ2) is 9.90. The highest BCUT2D eigenvalue weighted by molar-refractivity contribution is 4.92. The van der Waals surface area contributed by atoms with Crippen LogP contribution in [0.4, 0.5) is 0 Å². The summed E-state index contributed by atoms with van der Waals surface area (Å²) in [6, 6.07) is 0.534. The summed E-state index contributed by atoms with van der Waals surface area (Å²) < 4.78 is 5.50. The standard InChI is InChI=1S/C22H41N5O2/c1-2-5-17(6-3-1)16-27-10-4-7-19(27)22-24-21(25-29-22)18-8-9-20(23-15-18)26-11-13-28-14-12-26/h17-25H,1-16H2. The Morgan fingerprint density at radius 1 is 0.862 bits per heavy atom. The van der Waals surface area contributed by atoms with Crippen molar-refractivity contribution < 1.29 is 9.57 Å². The summed E-state index contributed by atoms with van der Waals surface area (Å²) in [6.45, 7) is 7.46. The molecule has 7 heteroatoms. The number of ether oxygens (including phenoxy) is 1. The molecule has 1 saturated carbocycles. The summed E-state index contributed by atoms with van der Waals surface area (Å²) >= 11 is 0. The monoisotopic (exact) mass is 407 g/mol. The number of likely N-dealkylation sites (tertiary alicyclic amines) is 1. The predicted molar refractivity (Wildman–Crippen MR) is 113 cm³/mol. The Bertz CT molecular complexity index is 503. The zero-order chi connectivity index (χ0) is 19.5. The van der Waals surface area contributed by atoms with Gasteiger partial charge in [-0.1, -0.05) is 19.3 Å². The maximum absolute atomic E-state index is 6.11. The lowest BCUT2D eigenvalue weighted by molar-refractivity contribution is -0.0289. The van der Waals surface area contributed by atoms with E-state index < -0.39 is 0 Å². The van der Waals surface area contributed by atoms with Crippen molar-refractivity contribution in [2.24, 2.45) is 11.8 Å². The lowest BCUT2D eigenvalue weighted by Gasteiger charge is -2.40. The maximum atomic E-state index is 6.11. The average Bonchev–Trinajstić information content (AvgIpc) is 3.45. The van der Waals surface area contributed by atoms with E-state index in [9.17, 15) is 0 Å². The Morgan fingerprint density at radius 3 is 2.52 bits per heavy atom. The van der Waals surface area contributed by atoms with Crippen LogP contribution in [-0.2, 0) is 9.57 Å². The van der Waals surface area contributed by atoms with Gasteiger partial charge >= 0.3 is 0 Å². The van der Waals surface area contributed by atoms with E-state index in [1.807, 2.05) is 0 Å². The fourth-order valence-electron chi connectivity index (χ4n) is 6.29. The zero-order valence-electron chi connectivity index (χ0n) is 18.0. The molecule has 7 nitrogen and oxygen atoms in total. The van der Waals surface area contributed by atoms with E-state index in [0.29, 0.717) is 18.1 Å². The summed E-state index contributed by atoms with van der Waals surface area (Å²) in [5.41, 5.74) is 3.36. The number of morpholine rings is 1. The number of nitrogens with one attached hydrogen (secondary N) is 3. The third kappa shape index (κ3) is 4.97. The highest BCUT2D eigenvalue weighted by Crippen LogP contribution is 2.30. The largest absolute Gasteiger partial charge is 0.379 e. The molecule has 29 heavy (non-hydrogen) atoms. The number of hydrogen-bond acceptors (Lipinski definition) is 7. The molecule has 0 radical (unpaired) electrons. The second-order valence-corrected chi connectivity index (χ2v) is 9.92. The van der Waals surface area contributed by atoms with E-state index in [1.165, 1.54) is 70.9 Å². The molecule has 5 atom stereocenters. The molecule has 3 N–H and O–H groups in total. The van der Waals surface area contributed by atoms with Gasteiger partial charge in [0.25, 0.3) is 0 Å². The molecule has 0 spiro atoms. The summed E-state index contributed by atoms with van der Waals surface area (Å²) in [7, 11) is 0. The zero-order valence-corrected chi connectivity index (χ0v) is 18.0. The van der Waals surface area contributed by atoms with Gasteiger partial charge in [0.1, 0.15) is 6.23 Å². The van der Waals surface area contributed by atoms with E-state index in [0.717, 1.165) is 38.8 Å². The third-order valence-corrected chi connectivity index (χ3v) is 8.03. The van der Waals surface area contributed by atoms with Crippen LogP contribution in [0.15, 0.2) is 0 Å². The van der Waals surface area contributed by atoms with Crippen LogP contribution in [0.2, 0.25) is 0 Å². The van der Waals surface area contributed by atoms with Crippen LogP contribution in [0.25, 0.3) is 0 Å². The molecular weight excluding hydrogens is 366 g/mol. The first-order chi connectivity index (χ1) is 14.4. The average molecular weight is 408 g/mol. The number of hydrogen-bond donors (Lipinski definition) is 3. The highest BCUT2D eigenvalue weighted by atomic mass is 16.7. The number of hydroxylamine groups is 1. The van der Waals surface area contributed by atoms with E-state index >= 15 is 0 Å². The first-order valence-electron chi connectivity index (χ1n) is 12.3. The molecule has 0 amide bonds. The Labute approximate surface area is 176 Å². The molecule has 5 unspecified atom stereocenters. The molecule has 5 fully saturated rings. The van der Waals surface area contributed by atoms with Gasteiger partial charge in [0, 0.05) is 32.1 Å². The predicted octanol–water partition coefficient (Wildman–Crippen LogP) is 1.47. The Hall–Kier alpha value is -0.280. The summed E-state index contributed by atoms with van der Waals surface area (Å²) in [5.74, 6) is 1.50. The fraction of sp³-hybridized carbons (Fsp3) is 1.00. The van der Waals surface area contributed by atoms with E-state index in [1.54, 1.807) is 0 Å². The minimum absolute atomic E-state index is 0.142. The third-order valence-electron chi connectivity index (χ3n) is 8.03. The second-order valence-electron chi connectivity index (χ2n) is 9.92. The van der Waals surface area contributed by atoms with Crippen molar-refractivity contribution in [3.05, 3.63) is 0 Å². The van der Waals surface area contributed by atoms with E-state index in [2.05, 4.69) is 25.9 Å². The first-order valence-corrected chi connectivity index (χ1v) is 12.3. The molecule has 166 valence electrons. The number of rotatable bonds is 5. The minimum Gasteiger partial charge on any atom is -0.379 e. The lowest BCUT2D eigenvalue weighted by Crippen LogP contribution is -2.57. The van der Waals surface area contributed by atoms with Gasteiger partial charge in [-0.2, -0.15) is 5.48 Å². The topological polar surface area (TPSA) is 61.0 Å². The smallest absolute Gasteiger partial charge is 0.146 e. The van der Waals surface area contributed by atoms with Crippen molar-refractivity contribution in [1.29, 1.82) is 0 Å². The molecular formula is C22H41N5O2. The SMILES string of the molecule is C1CCC(CN2CCCC2C2NC(C3CCC(N4CCOCC4)NC3)NO2)CC1. The van der Waals surface area contributed by atoms with Gasteiger partial charge < -0.3 is 10.1 Å². The van der Waals surface area contributed by atoms with Crippen LogP contribution in [0.3, 0.4) is 0 Å². The molecule has 0 aromatic heterocycles. The van der Waals surface area contributed by atoms with Crippen LogP contribution < -0.4 is 16.1 Å². The van der Waals surface area contributed by atoms with Crippen molar-refractivity contribution in [3.63, 3.8) is 0 Å².